The third-order valence-electron chi connectivity index (χ3n) is 3.34. The second-order valence-corrected chi connectivity index (χ2v) is 5.64. The number of benzene rings is 1. The van der Waals surface area contributed by atoms with E-state index in [1.165, 1.54) is 10.4 Å². The predicted octanol–water partition coefficient (Wildman–Crippen LogP) is 3.44. The molecule has 4 nitrogen and oxygen atoms in total. The number of nitrogens with zero attached hydrogens (tertiary/aromatic N) is 2. The molecule has 2 aromatic heterocycles. The number of aryl methyl sites for hydroxylation is 1. The van der Waals surface area contributed by atoms with E-state index in [9.17, 15) is 0 Å². The molecule has 0 atom stereocenters. The highest BCUT2D eigenvalue weighted by Crippen LogP contribution is 2.29. The van der Waals surface area contributed by atoms with E-state index in [-0.39, 0.29) is 0 Å². The molecule has 2 N–H and O–H groups in total. The predicted molar refractivity (Wildman–Crippen MR) is 83.5 cm³/mol. The van der Waals surface area contributed by atoms with E-state index in [2.05, 4.69) is 23.4 Å². The maximum Gasteiger partial charge on any atom is 0.201 e. The lowest BCUT2D eigenvalue weighted by Crippen LogP contribution is -2.04. The Hall–Kier alpha value is -2.01. The Morgan fingerprint density at radius 2 is 2.20 bits per heavy atom. The fraction of sp³-hybridized carbons (Fsp3) is 0.267. The van der Waals surface area contributed by atoms with Crippen LogP contribution in [-0.2, 0) is 6.54 Å². The number of aromatic nitrogens is 2. The number of fused-ring (bicyclic) bond motifs is 1. The molecule has 2 heterocycles. The molecule has 20 heavy (non-hydrogen) atoms. The molecular weight excluding hydrogens is 270 g/mol. The Kier molecular flexibility index (Phi) is 3.36. The van der Waals surface area contributed by atoms with Gasteiger partial charge in [-0.05, 0) is 43.0 Å². The van der Waals surface area contributed by atoms with Gasteiger partial charge in [-0.1, -0.05) is 6.07 Å². The summed E-state index contributed by atoms with van der Waals surface area (Å²) in [6, 6.07) is 8.07. The topological polar surface area (TPSA) is 53.1 Å². The Bertz CT molecular complexity index is 745. The third kappa shape index (κ3) is 2.14. The zero-order valence-corrected chi connectivity index (χ0v) is 12.4. The summed E-state index contributed by atoms with van der Waals surface area (Å²) in [4.78, 5) is 5.77. The van der Waals surface area contributed by atoms with Crippen molar-refractivity contribution < 1.29 is 4.74 Å². The Labute approximate surface area is 121 Å². The molecule has 0 saturated heterocycles. The van der Waals surface area contributed by atoms with Gasteiger partial charge >= 0.3 is 0 Å². The molecule has 0 aliphatic carbocycles. The molecule has 0 saturated carbocycles. The molecule has 104 valence electrons. The normalized spacial score (nSPS) is 11.1. The minimum Gasteiger partial charge on any atom is -0.492 e. The average molecular weight is 287 g/mol. The standard InChI is InChI=1S/C15H17N3OS/c1-3-19-12-6-4-5-11-14(12)17-15(16)18(11)9-13-10(2)7-8-20-13/h4-8H,3,9H2,1-2H3,(H2,16,17). The highest BCUT2D eigenvalue weighted by atomic mass is 32.1. The lowest BCUT2D eigenvalue weighted by molar-refractivity contribution is 0.343. The van der Waals surface area contributed by atoms with Gasteiger partial charge in [0.2, 0.25) is 5.95 Å². The zero-order valence-electron chi connectivity index (χ0n) is 11.6. The van der Waals surface area contributed by atoms with Gasteiger partial charge in [-0.25, -0.2) is 4.98 Å². The SMILES string of the molecule is CCOc1cccc2c1nc(N)n2Cc1sccc1C. The summed E-state index contributed by atoms with van der Waals surface area (Å²) in [5.41, 5.74) is 9.22. The van der Waals surface area contributed by atoms with E-state index in [0.717, 1.165) is 23.3 Å². The number of hydrogen-bond acceptors (Lipinski definition) is 4. The summed E-state index contributed by atoms with van der Waals surface area (Å²) in [5, 5.41) is 2.10. The van der Waals surface area contributed by atoms with E-state index in [1.807, 2.05) is 29.7 Å². The lowest BCUT2D eigenvalue weighted by Gasteiger charge is -2.07. The van der Waals surface area contributed by atoms with Crippen molar-refractivity contribution in [3.05, 3.63) is 40.1 Å². The molecule has 0 aliphatic rings. The molecule has 3 aromatic rings. The van der Waals surface area contributed by atoms with Gasteiger partial charge in [-0.2, -0.15) is 0 Å². The van der Waals surface area contributed by atoms with Crippen molar-refractivity contribution >= 4 is 28.3 Å². The number of nitrogen functional groups attached to an aromatic ring is 1. The monoisotopic (exact) mass is 287 g/mol. The Morgan fingerprint density at radius 3 is 2.90 bits per heavy atom. The summed E-state index contributed by atoms with van der Waals surface area (Å²) in [7, 11) is 0. The van der Waals surface area contributed by atoms with Crippen LogP contribution in [0.2, 0.25) is 0 Å². The van der Waals surface area contributed by atoms with Crippen LogP contribution in [0.3, 0.4) is 0 Å². The van der Waals surface area contributed by atoms with Gasteiger partial charge in [0.05, 0.1) is 18.7 Å². The number of hydrogen-bond donors (Lipinski definition) is 1. The zero-order chi connectivity index (χ0) is 14.1. The molecular formula is C15H17N3OS. The largest absolute Gasteiger partial charge is 0.492 e. The Morgan fingerprint density at radius 1 is 1.35 bits per heavy atom. The fourth-order valence-electron chi connectivity index (χ4n) is 2.29. The second-order valence-electron chi connectivity index (χ2n) is 4.64. The third-order valence-corrected chi connectivity index (χ3v) is 4.35. The number of imidazole rings is 1. The van der Waals surface area contributed by atoms with Gasteiger partial charge < -0.3 is 15.0 Å². The number of nitrogens with two attached hydrogens (primary N) is 1. The van der Waals surface area contributed by atoms with Crippen LogP contribution in [0.25, 0.3) is 11.0 Å². The van der Waals surface area contributed by atoms with Crippen LogP contribution in [-0.4, -0.2) is 16.2 Å². The molecule has 0 bridgehead atoms. The first-order valence-electron chi connectivity index (χ1n) is 6.61. The highest BCUT2D eigenvalue weighted by molar-refractivity contribution is 7.10. The van der Waals surface area contributed by atoms with Crippen LogP contribution < -0.4 is 10.5 Å². The average Bonchev–Trinajstić information content (AvgIpc) is 2.97. The summed E-state index contributed by atoms with van der Waals surface area (Å²) >= 11 is 1.74. The molecule has 5 heteroatoms. The van der Waals surface area contributed by atoms with Crippen LogP contribution in [0.1, 0.15) is 17.4 Å². The fourth-order valence-corrected chi connectivity index (χ4v) is 3.18. The van der Waals surface area contributed by atoms with E-state index in [0.29, 0.717) is 12.6 Å². The van der Waals surface area contributed by atoms with Crippen molar-refractivity contribution in [1.29, 1.82) is 0 Å². The highest BCUT2D eigenvalue weighted by Gasteiger charge is 2.13. The van der Waals surface area contributed by atoms with Crippen molar-refractivity contribution in [2.45, 2.75) is 20.4 Å². The summed E-state index contributed by atoms with van der Waals surface area (Å²) in [6.45, 7) is 5.46. The number of ether oxygens (including phenoxy) is 1. The first-order chi connectivity index (χ1) is 9.70. The number of thiophene rings is 1. The molecule has 0 spiro atoms. The van der Waals surface area contributed by atoms with Gasteiger partial charge in [0.1, 0.15) is 11.3 Å². The van der Waals surface area contributed by atoms with Gasteiger partial charge in [0.25, 0.3) is 0 Å². The van der Waals surface area contributed by atoms with Crippen molar-refractivity contribution in [2.24, 2.45) is 0 Å². The summed E-state index contributed by atoms with van der Waals surface area (Å²) in [6.07, 6.45) is 0. The van der Waals surface area contributed by atoms with E-state index in [4.69, 9.17) is 10.5 Å². The summed E-state index contributed by atoms with van der Waals surface area (Å²) in [5.74, 6) is 1.32. The van der Waals surface area contributed by atoms with Crippen LogP contribution in [0.5, 0.6) is 5.75 Å². The maximum atomic E-state index is 6.09. The van der Waals surface area contributed by atoms with E-state index >= 15 is 0 Å². The number of para-hydroxylation sites is 1. The minimum atomic E-state index is 0.528. The van der Waals surface area contributed by atoms with Crippen LogP contribution >= 0.6 is 11.3 Å². The number of anilines is 1. The van der Waals surface area contributed by atoms with Crippen LogP contribution in [0, 0.1) is 6.92 Å². The first kappa shape index (κ1) is 13.0. The van der Waals surface area contributed by atoms with Crippen molar-refractivity contribution in [2.75, 3.05) is 12.3 Å². The molecule has 3 rings (SSSR count). The molecule has 0 fully saturated rings. The molecule has 0 amide bonds. The quantitative estimate of drug-likeness (QED) is 0.799. The minimum absolute atomic E-state index is 0.528. The van der Waals surface area contributed by atoms with Gasteiger partial charge in [-0.15, -0.1) is 11.3 Å². The van der Waals surface area contributed by atoms with Crippen molar-refractivity contribution in [3.63, 3.8) is 0 Å². The van der Waals surface area contributed by atoms with Crippen molar-refractivity contribution in [3.8, 4) is 5.75 Å². The lowest BCUT2D eigenvalue weighted by atomic mass is 10.2. The van der Waals surface area contributed by atoms with Crippen LogP contribution in [0.4, 0.5) is 5.95 Å². The second kappa shape index (κ2) is 5.17. The van der Waals surface area contributed by atoms with E-state index in [1.54, 1.807) is 11.3 Å². The van der Waals surface area contributed by atoms with Crippen molar-refractivity contribution in [1.82, 2.24) is 9.55 Å². The number of rotatable bonds is 4. The smallest absolute Gasteiger partial charge is 0.201 e. The first-order valence-corrected chi connectivity index (χ1v) is 7.49. The van der Waals surface area contributed by atoms with Gasteiger partial charge in [0.15, 0.2) is 0 Å². The Balaban J connectivity index is 2.09. The van der Waals surface area contributed by atoms with Gasteiger partial charge in [0, 0.05) is 4.88 Å². The maximum absolute atomic E-state index is 6.09. The molecule has 0 unspecified atom stereocenters. The summed E-state index contributed by atoms with van der Waals surface area (Å²) < 4.78 is 7.66. The van der Waals surface area contributed by atoms with Crippen LogP contribution in [0.15, 0.2) is 29.6 Å². The molecule has 0 radical (unpaired) electrons. The van der Waals surface area contributed by atoms with E-state index < -0.39 is 0 Å². The van der Waals surface area contributed by atoms with Gasteiger partial charge in [-0.3, -0.25) is 0 Å². The molecule has 0 aliphatic heterocycles. The molecule has 1 aromatic carbocycles.